The number of nitrogens with one attached hydrogen (secondary N) is 1. The van der Waals surface area contributed by atoms with Crippen LogP contribution in [0.4, 0.5) is 4.79 Å². The number of ether oxygens (including phenoxy) is 6. The molecule has 15 heteroatoms. The molecule has 0 unspecified atom stereocenters. The molecule has 0 saturated carbocycles. The summed E-state index contributed by atoms with van der Waals surface area (Å²) < 4.78 is 64.3. The van der Waals surface area contributed by atoms with Gasteiger partial charge in [0.05, 0.1) is 55.4 Å². The first-order valence-electron chi connectivity index (χ1n) is 16.1. The highest BCUT2D eigenvalue weighted by atomic mass is 32.2. The van der Waals surface area contributed by atoms with Crippen molar-refractivity contribution in [3.05, 3.63) is 66.5 Å². The standard InChI is InChI=1S/C33H42N4O10S/c1-22(2)16-37(48(40,41)25-8-9-29-30(15-25)46-21-45-29)17-28(38)27(35-33(39)47-32-20-44-31-19-42-18-26(31)32)14-23-4-6-24(7-5-23)43-13-12-36-11-3-10-34-36/h3-11,15,22,26-28,31-32,38H,12-14,16-21H2,1-2H3,(H,35,39)/t26-,27+,28-,31+,32+/m1/s1. The second-order valence-electron chi connectivity index (χ2n) is 12.5. The molecular formula is C33H42N4O10S. The van der Waals surface area contributed by atoms with Crippen LogP contribution in [-0.2, 0) is 37.2 Å². The van der Waals surface area contributed by atoms with Crippen molar-refractivity contribution in [1.29, 1.82) is 0 Å². The number of fused-ring (bicyclic) bond motifs is 2. The van der Waals surface area contributed by atoms with Gasteiger partial charge in [-0.15, -0.1) is 0 Å². The zero-order valence-electron chi connectivity index (χ0n) is 27.0. The number of aromatic nitrogens is 2. The van der Waals surface area contributed by atoms with Crippen molar-refractivity contribution in [3.8, 4) is 17.2 Å². The Morgan fingerprint density at radius 3 is 2.69 bits per heavy atom. The third kappa shape index (κ3) is 8.21. The number of carbonyl (C=O) groups is 1. The highest BCUT2D eigenvalue weighted by molar-refractivity contribution is 7.89. The summed E-state index contributed by atoms with van der Waals surface area (Å²) in [4.78, 5) is 13.2. The van der Waals surface area contributed by atoms with Gasteiger partial charge in [-0.3, -0.25) is 4.68 Å². The minimum absolute atomic E-state index is 0.0104. The Balaban J connectivity index is 1.17. The van der Waals surface area contributed by atoms with E-state index in [0.29, 0.717) is 43.6 Å². The van der Waals surface area contributed by atoms with Gasteiger partial charge in [0.15, 0.2) is 11.5 Å². The molecule has 3 aliphatic rings. The van der Waals surface area contributed by atoms with Gasteiger partial charge in [0.1, 0.15) is 18.5 Å². The molecule has 4 heterocycles. The summed E-state index contributed by atoms with van der Waals surface area (Å²) in [7, 11) is -4.07. The Bertz CT molecular complexity index is 1620. The molecule has 3 aromatic rings. The Morgan fingerprint density at radius 1 is 1.10 bits per heavy atom. The maximum absolute atomic E-state index is 13.9. The zero-order chi connectivity index (χ0) is 33.7. The zero-order valence-corrected chi connectivity index (χ0v) is 27.8. The predicted octanol–water partition coefficient (Wildman–Crippen LogP) is 2.45. The Hall–Kier alpha value is -3.89. The van der Waals surface area contributed by atoms with E-state index in [9.17, 15) is 18.3 Å². The van der Waals surface area contributed by atoms with Gasteiger partial charge in [-0.2, -0.15) is 9.40 Å². The minimum atomic E-state index is -4.07. The van der Waals surface area contributed by atoms with E-state index < -0.39 is 34.4 Å². The second kappa shape index (κ2) is 15.1. The molecular weight excluding hydrogens is 644 g/mol. The third-order valence-corrected chi connectivity index (χ3v) is 10.3. The molecule has 0 bridgehead atoms. The van der Waals surface area contributed by atoms with Crippen LogP contribution >= 0.6 is 0 Å². The van der Waals surface area contributed by atoms with Crippen LogP contribution in [0.25, 0.3) is 0 Å². The smallest absolute Gasteiger partial charge is 0.407 e. The summed E-state index contributed by atoms with van der Waals surface area (Å²) in [5, 5.41) is 18.6. The van der Waals surface area contributed by atoms with Crippen LogP contribution in [0.2, 0.25) is 0 Å². The van der Waals surface area contributed by atoms with Gasteiger partial charge in [0.25, 0.3) is 0 Å². The van der Waals surface area contributed by atoms with Crippen LogP contribution in [0, 0.1) is 11.8 Å². The first-order valence-corrected chi connectivity index (χ1v) is 17.5. The summed E-state index contributed by atoms with van der Waals surface area (Å²) in [6, 6.07) is 12.7. The topological polar surface area (TPSA) is 160 Å². The fourth-order valence-electron chi connectivity index (χ4n) is 6.01. The number of benzene rings is 2. The summed E-state index contributed by atoms with van der Waals surface area (Å²) in [5.74, 6) is 1.34. The molecule has 14 nitrogen and oxygen atoms in total. The summed E-state index contributed by atoms with van der Waals surface area (Å²) in [6.07, 6.45) is 1.13. The van der Waals surface area contributed by atoms with Crippen LogP contribution in [-0.4, -0.2) is 104 Å². The van der Waals surface area contributed by atoms with Crippen molar-refractivity contribution in [1.82, 2.24) is 19.4 Å². The summed E-state index contributed by atoms with van der Waals surface area (Å²) >= 11 is 0. The van der Waals surface area contributed by atoms with Crippen molar-refractivity contribution in [2.24, 2.45) is 11.8 Å². The highest BCUT2D eigenvalue weighted by Crippen LogP contribution is 2.35. The number of aliphatic hydroxyl groups is 1. The van der Waals surface area contributed by atoms with Gasteiger partial charge in [-0.25, -0.2) is 13.2 Å². The van der Waals surface area contributed by atoms with E-state index >= 15 is 0 Å². The van der Waals surface area contributed by atoms with Crippen LogP contribution in [0.15, 0.2) is 65.8 Å². The molecule has 260 valence electrons. The number of aliphatic hydroxyl groups excluding tert-OH is 1. The molecule has 0 aliphatic carbocycles. The number of rotatable bonds is 15. The fraction of sp³-hybridized carbons (Fsp3) is 0.515. The molecule has 2 fully saturated rings. The van der Waals surface area contributed by atoms with E-state index in [1.165, 1.54) is 16.4 Å². The lowest BCUT2D eigenvalue weighted by atomic mass is 10.0. The number of sulfonamides is 1. The quantitative estimate of drug-likeness (QED) is 0.242. The summed E-state index contributed by atoms with van der Waals surface area (Å²) in [5.41, 5.74) is 0.793. The molecule has 3 aliphatic heterocycles. The van der Waals surface area contributed by atoms with Gasteiger partial charge in [-0.05, 0) is 48.2 Å². The predicted molar refractivity (Wildman–Crippen MR) is 171 cm³/mol. The van der Waals surface area contributed by atoms with E-state index in [1.807, 2.05) is 50.4 Å². The van der Waals surface area contributed by atoms with Crippen LogP contribution in [0.3, 0.4) is 0 Å². The monoisotopic (exact) mass is 686 g/mol. The van der Waals surface area contributed by atoms with E-state index in [-0.39, 0.29) is 55.7 Å². The van der Waals surface area contributed by atoms with Gasteiger partial charge in [0, 0.05) is 31.5 Å². The number of hydrogen-bond acceptors (Lipinski definition) is 11. The van der Waals surface area contributed by atoms with Crippen LogP contribution < -0.4 is 19.5 Å². The molecule has 0 spiro atoms. The lowest BCUT2D eigenvalue weighted by molar-refractivity contribution is 0.0271. The normalized spacial score (nSPS) is 21.3. The van der Waals surface area contributed by atoms with Crippen LogP contribution in [0.1, 0.15) is 19.4 Å². The van der Waals surface area contributed by atoms with Crippen molar-refractivity contribution in [3.63, 3.8) is 0 Å². The minimum Gasteiger partial charge on any atom is -0.492 e. The number of hydrogen-bond donors (Lipinski definition) is 2. The maximum atomic E-state index is 13.9. The molecule has 5 atom stereocenters. The fourth-order valence-corrected chi connectivity index (χ4v) is 7.64. The average Bonchev–Trinajstić information content (AvgIpc) is 3.88. The SMILES string of the molecule is CC(C)CN(C[C@@H](O)[C@H](Cc1ccc(OCCn2cccn2)cc1)NC(=O)O[C@H]1CO[C@H]2COC[C@H]21)S(=O)(=O)c1ccc2c(c1)OCO2. The first-order chi connectivity index (χ1) is 23.2. The highest BCUT2D eigenvalue weighted by Gasteiger charge is 2.44. The number of alkyl carbamates (subject to hydrolysis) is 1. The average molecular weight is 687 g/mol. The van der Waals surface area contributed by atoms with E-state index in [4.69, 9.17) is 28.4 Å². The third-order valence-electron chi connectivity index (χ3n) is 8.52. The number of nitrogens with zero attached hydrogens (tertiary/aromatic N) is 3. The molecule has 0 radical (unpaired) electrons. The number of carbonyl (C=O) groups excluding carboxylic acids is 1. The second-order valence-corrected chi connectivity index (χ2v) is 14.5. The first kappa shape index (κ1) is 34.0. The Kier molecular flexibility index (Phi) is 10.7. The van der Waals surface area contributed by atoms with E-state index in [0.717, 1.165) is 5.56 Å². The molecule has 48 heavy (non-hydrogen) atoms. The number of amides is 1. The summed E-state index contributed by atoms with van der Waals surface area (Å²) in [6.45, 7) is 5.83. The van der Waals surface area contributed by atoms with Gasteiger partial charge in [-0.1, -0.05) is 26.0 Å². The molecule has 2 N–H and O–H groups in total. The van der Waals surface area contributed by atoms with Crippen molar-refractivity contribution in [2.75, 3.05) is 46.3 Å². The molecule has 1 amide bonds. The van der Waals surface area contributed by atoms with Gasteiger partial charge < -0.3 is 38.8 Å². The maximum Gasteiger partial charge on any atom is 0.407 e. The largest absolute Gasteiger partial charge is 0.492 e. The lowest BCUT2D eigenvalue weighted by Crippen LogP contribution is -2.51. The Morgan fingerprint density at radius 2 is 1.92 bits per heavy atom. The molecule has 6 rings (SSSR count). The molecule has 1 aromatic heterocycles. The lowest BCUT2D eigenvalue weighted by Gasteiger charge is -2.31. The van der Waals surface area contributed by atoms with Crippen LogP contribution in [0.5, 0.6) is 17.2 Å². The van der Waals surface area contributed by atoms with E-state index in [2.05, 4.69) is 10.4 Å². The van der Waals surface area contributed by atoms with Gasteiger partial charge in [0.2, 0.25) is 16.8 Å². The van der Waals surface area contributed by atoms with Crippen molar-refractivity contribution < 1.29 is 46.7 Å². The molecule has 2 aromatic carbocycles. The van der Waals surface area contributed by atoms with E-state index in [1.54, 1.807) is 16.9 Å². The molecule has 2 saturated heterocycles. The van der Waals surface area contributed by atoms with Crippen molar-refractivity contribution >= 4 is 16.1 Å². The van der Waals surface area contributed by atoms with Gasteiger partial charge >= 0.3 is 6.09 Å². The van der Waals surface area contributed by atoms with Crippen molar-refractivity contribution in [2.45, 2.75) is 56.1 Å². The Labute approximate surface area is 279 Å².